The zero-order valence-corrected chi connectivity index (χ0v) is 11.3. The van der Waals surface area contributed by atoms with E-state index in [0.29, 0.717) is 16.9 Å². The number of rotatable bonds is 2. The highest BCUT2D eigenvalue weighted by Gasteiger charge is 2.12. The molecule has 2 rings (SSSR count). The first-order chi connectivity index (χ1) is 9.61. The van der Waals surface area contributed by atoms with Gasteiger partial charge in [0.25, 0.3) is 5.91 Å². The summed E-state index contributed by atoms with van der Waals surface area (Å²) < 4.78 is 1.61. The van der Waals surface area contributed by atoms with E-state index < -0.39 is 0 Å². The molecule has 2 aromatic rings. The number of nitrogens with zero attached hydrogens (tertiary/aromatic N) is 3. The van der Waals surface area contributed by atoms with Crippen LogP contribution in [0.15, 0.2) is 24.5 Å². The number of carbonyl (C=O) groups is 1. The van der Waals surface area contributed by atoms with Crippen LogP contribution in [0.1, 0.15) is 21.6 Å². The molecular formula is C14H15N5O. The van der Waals surface area contributed by atoms with E-state index in [2.05, 4.69) is 27.2 Å². The largest absolute Gasteiger partial charge is 0.320 e. The van der Waals surface area contributed by atoms with Crippen LogP contribution in [0.2, 0.25) is 0 Å². The summed E-state index contributed by atoms with van der Waals surface area (Å²) in [4.78, 5) is 16.2. The Balaban J connectivity index is 2.28. The molecule has 6 nitrogen and oxygen atoms in total. The molecule has 0 aliphatic carbocycles. The molecule has 6 heteroatoms. The number of hydrogen-bond donors (Lipinski definition) is 2. The van der Waals surface area contributed by atoms with Crippen molar-refractivity contribution in [3.63, 3.8) is 0 Å². The van der Waals surface area contributed by atoms with Crippen LogP contribution in [0.3, 0.4) is 0 Å². The lowest BCUT2D eigenvalue weighted by Crippen LogP contribution is -2.16. The Morgan fingerprint density at radius 3 is 3.00 bits per heavy atom. The van der Waals surface area contributed by atoms with Gasteiger partial charge in [-0.1, -0.05) is 11.8 Å². The monoisotopic (exact) mass is 269 g/mol. The Morgan fingerprint density at radius 2 is 2.35 bits per heavy atom. The predicted molar refractivity (Wildman–Crippen MR) is 76.1 cm³/mol. The third-order valence-corrected chi connectivity index (χ3v) is 2.63. The van der Waals surface area contributed by atoms with Crippen LogP contribution in [0.25, 0.3) is 0 Å². The highest BCUT2D eigenvalue weighted by molar-refractivity contribution is 6.05. The molecule has 3 N–H and O–H groups in total. The molecule has 0 unspecified atom stereocenters. The van der Waals surface area contributed by atoms with Crippen LogP contribution in [-0.2, 0) is 7.05 Å². The van der Waals surface area contributed by atoms with E-state index >= 15 is 0 Å². The number of nitrogens with one attached hydrogen (secondary N) is 1. The van der Waals surface area contributed by atoms with E-state index in [4.69, 9.17) is 5.73 Å². The normalized spacial score (nSPS) is 9.75. The maximum Gasteiger partial charge on any atom is 0.258 e. The van der Waals surface area contributed by atoms with Gasteiger partial charge in [-0.3, -0.25) is 14.5 Å². The quantitative estimate of drug-likeness (QED) is 0.785. The van der Waals surface area contributed by atoms with Crippen LogP contribution in [0.4, 0.5) is 5.82 Å². The summed E-state index contributed by atoms with van der Waals surface area (Å²) in [6, 6.07) is 3.42. The number of hydrogen-bond acceptors (Lipinski definition) is 4. The molecule has 2 aromatic heterocycles. The molecule has 0 fully saturated rings. The van der Waals surface area contributed by atoms with Crippen molar-refractivity contribution in [3.8, 4) is 11.8 Å². The summed E-state index contributed by atoms with van der Waals surface area (Å²) >= 11 is 0. The molecule has 0 radical (unpaired) electrons. The molecule has 0 aliphatic rings. The summed E-state index contributed by atoms with van der Waals surface area (Å²) in [7, 11) is 1.77. The van der Waals surface area contributed by atoms with Crippen molar-refractivity contribution < 1.29 is 4.79 Å². The van der Waals surface area contributed by atoms with E-state index in [0.717, 1.165) is 5.69 Å². The Bertz CT molecular complexity index is 693. The molecule has 0 bridgehead atoms. The summed E-state index contributed by atoms with van der Waals surface area (Å²) in [5.74, 6) is 5.93. The van der Waals surface area contributed by atoms with Crippen LogP contribution in [0, 0.1) is 18.8 Å². The van der Waals surface area contributed by atoms with Gasteiger partial charge < -0.3 is 11.1 Å². The minimum atomic E-state index is -0.253. The van der Waals surface area contributed by atoms with Crippen LogP contribution in [-0.4, -0.2) is 27.2 Å². The SMILES string of the molecule is Cc1cc(NC(=O)c2ccncc2C#CCN)n(C)n1. The number of nitrogens with two attached hydrogens (primary N) is 1. The maximum absolute atomic E-state index is 12.3. The van der Waals surface area contributed by atoms with Crippen LogP contribution >= 0.6 is 0 Å². The standard InChI is InChI=1S/C14H15N5O/c1-10-8-13(19(2)18-10)17-14(20)12-5-7-16-9-11(12)4-3-6-15/h5,7-9H,6,15H2,1-2H3,(H,17,20). The zero-order valence-electron chi connectivity index (χ0n) is 11.3. The molecule has 0 aromatic carbocycles. The zero-order chi connectivity index (χ0) is 14.5. The van der Waals surface area contributed by atoms with Gasteiger partial charge in [-0.2, -0.15) is 5.10 Å². The van der Waals surface area contributed by atoms with Gasteiger partial charge in [0.15, 0.2) is 0 Å². The van der Waals surface area contributed by atoms with Crippen molar-refractivity contribution in [3.05, 3.63) is 41.3 Å². The Labute approximate surface area is 117 Å². The summed E-state index contributed by atoms with van der Waals surface area (Å²) in [6.07, 6.45) is 3.10. The fourth-order valence-electron chi connectivity index (χ4n) is 1.75. The van der Waals surface area contributed by atoms with Gasteiger partial charge in [0, 0.05) is 25.5 Å². The number of amides is 1. The molecule has 20 heavy (non-hydrogen) atoms. The van der Waals surface area contributed by atoms with E-state index in [1.165, 1.54) is 0 Å². The summed E-state index contributed by atoms with van der Waals surface area (Å²) in [5, 5.41) is 6.97. The molecule has 2 heterocycles. The van der Waals surface area contributed by atoms with Gasteiger partial charge >= 0.3 is 0 Å². The average Bonchev–Trinajstić information content (AvgIpc) is 2.75. The van der Waals surface area contributed by atoms with E-state index in [-0.39, 0.29) is 12.5 Å². The van der Waals surface area contributed by atoms with Crippen molar-refractivity contribution in [2.24, 2.45) is 12.8 Å². The molecule has 0 atom stereocenters. The fraction of sp³-hybridized carbons (Fsp3) is 0.214. The molecule has 1 amide bonds. The Morgan fingerprint density at radius 1 is 1.55 bits per heavy atom. The molecule has 0 saturated carbocycles. The number of aryl methyl sites for hydroxylation is 2. The van der Waals surface area contributed by atoms with Crippen molar-refractivity contribution in [1.82, 2.24) is 14.8 Å². The molecular weight excluding hydrogens is 254 g/mol. The maximum atomic E-state index is 12.3. The van der Waals surface area contributed by atoms with Gasteiger partial charge in [-0.15, -0.1) is 0 Å². The first kappa shape index (κ1) is 13.8. The topological polar surface area (TPSA) is 85.8 Å². The highest BCUT2D eigenvalue weighted by Crippen LogP contribution is 2.12. The first-order valence-corrected chi connectivity index (χ1v) is 6.06. The van der Waals surface area contributed by atoms with E-state index in [1.807, 2.05) is 6.92 Å². The molecule has 0 saturated heterocycles. The van der Waals surface area contributed by atoms with Crippen LogP contribution < -0.4 is 11.1 Å². The Hall–Kier alpha value is -2.65. The molecule has 0 aliphatic heterocycles. The average molecular weight is 269 g/mol. The third-order valence-electron chi connectivity index (χ3n) is 2.63. The highest BCUT2D eigenvalue weighted by atomic mass is 16.1. The second kappa shape index (κ2) is 5.99. The van der Waals surface area contributed by atoms with E-state index in [1.54, 1.807) is 36.3 Å². The van der Waals surface area contributed by atoms with Gasteiger partial charge in [-0.25, -0.2) is 0 Å². The number of aromatic nitrogens is 3. The van der Waals surface area contributed by atoms with Crippen molar-refractivity contribution in [2.45, 2.75) is 6.92 Å². The third kappa shape index (κ3) is 3.02. The molecule has 0 spiro atoms. The van der Waals surface area contributed by atoms with Crippen molar-refractivity contribution in [2.75, 3.05) is 11.9 Å². The minimum absolute atomic E-state index is 0.233. The summed E-state index contributed by atoms with van der Waals surface area (Å²) in [5.41, 5.74) is 7.18. The van der Waals surface area contributed by atoms with Gasteiger partial charge in [0.1, 0.15) is 5.82 Å². The van der Waals surface area contributed by atoms with Crippen LogP contribution in [0.5, 0.6) is 0 Å². The van der Waals surface area contributed by atoms with Gasteiger partial charge in [-0.05, 0) is 13.0 Å². The Kier molecular flexibility index (Phi) is 4.13. The smallest absolute Gasteiger partial charge is 0.258 e. The van der Waals surface area contributed by atoms with Crippen molar-refractivity contribution in [1.29, 1.82) is 0 Å². The lowest BCUT2D eigenvalue weighted by Gasteiger charge is -2.06. The van der Waals surface area contributed by atoms with E-state index in [9.17, 15) is 4.79 Å². The minimum Gasteiger partial charge on any atom is -0.320 e. The van der Waals surface area contributed by atoms with Crippen molar-refractivity contribution >= 4 is 11.7 Å². The fourth-order valence-corrected chi connectivity index (χ4v) is 1.75. The summed E-state index contributed by atoms with van der Waals surface area (Å²) in [6.45, 7) is 2.09. The number of carbonyl (C=O) groups excluding carboxylic acids is 1. The number of pyridine rings is 1. The number of anilines is 1. The first-order valence-electron chi connectivity index (χ1n) is 6.06. The lowest BCUT2D eigenvalue weighted by atomic mass is 10.1. The second-order valence-corrected chi connectivity index (χ2v) is 4.18. The van der Waals surface area contributed by atoms with Gasteiger partial charge in [0.2, 0.25) is 0 Å². The second-order valence-electron chi connectivity index (χ2n) is 4.18. The molecule has 102 valence electrons. The predicted octanol–water partition coefficient (Wildman–Crippen LogP) is 0.686. The van der Waals surface area contributed by atoms with Gasteiger partial charge in [0.05, 0.1) is 23.4 Å². The lowest BCUT2D eigenvalue weighted by molar-refractivity contribution is 0.102.